The maximum atomic E-state index is 12.2. The van der Waals surface area contributed by atoms with Gasteiger partial charge in [0.05, 0.1) is 33.9 Å². The van der Waals surface area contributed by atoms with Crippen molar-refractivity contribution in [3.63, 3.8) is 0 Å². The van der Waals surface area contributed by atoms with E-state index in [-0.39, 0.29) is 18.0 Å². The minimum absolute atomic E-state index is 0.167. The maximum Gasteiger partial charge on any atom is 0.312 e. The van der Waals surface area contributed by atoms with Gasteiger partial charge in [-0.3, -0.25) is 4.79 Å². The highest BCUT2D eigenvalue weighted by molar-refractivity contribution is 7.18. The summed E-state index contributed by atoms with van der Waals surface area (Å²) in [5.74, 6) is -0.366. The quantitative estimate of drug-likeness (QED) is 0.459. The zero-order valence-electron chi connectivity index (χ0n) is 13.3. The minimum Gasteiger partial charge on any atom is -0.465 e. The van der Waals surface area contributed by atoms with Crippen molar-refractivity contribution in [2.75, 3.05) is 13.2 Å². The Morgan fingerprint density at radius 3 is 3.09 bits per heavy atom. The first-order valence-corrected chi connectivity index (χ1v) is 8.75. The third-order valence-corrected chi connectivity index (χ3v) is 5.09. The Hall–Kier alpha value is -1.72. The van der Waals surface area contributed by atoms with Crippen LogP contribution in [-0.4, -0.2) is 30.3 Å². The number of fused-ring (bicyclic) bond motifs is 1. The summed E-state index contributed by atoms with van der Waals surface area (Å²) in [7, 11) is 0. The number of ether oxygens (including phenoxy) is 2. The minimum atomic E-state index is -0.199. The molecular formula is C18H21NO3S. The zero-order valence-corrected chi connectivity index (χ0v) is 14.1. The molecule has 0 bridgehead atoms. The van der Waals surface area contributed by atoms with Crippen molar-refractivity contribution in [2.45, 2.75) is 32.3 Å². The average molecular weight is 331 g/mol. The topological polar surface area (TPSA) is 48.4 Å². The summed E-state index contributed by atoms with van der Waals surface area (Å²) in [5, 5.41) is 1.09. The first-order chi connectivity index (χ1) is 11.1. The highest BCUT2D eigenvalue weighted by atomic mass is 32.1. The molecule has 1 fully saturated rings. The van der Waals surface area contributed by atoms with Crippen LogP contribution in [0.25, 0.3) is 10.2 Å². The summed E-state index contributed by atoms with van der Waals surface area (Å²) in [6, 6.07) is 8.12. The largest absolute Gasteiger partial charge is 0.465 e. The number of aromatic nitrogens is 1. The van der Waals surface area contributed by atoms with Gasteiger partial charge in [-0.25, -0.2) is 4.98 Å². The molecule has 0 aliphatic carbocycles. The molecular weight excluding hydrogens is 310 g/mol. The van der Waals surface area contributed by atoms with E-state index in [4.69, 9.17) is 9.47 Å². The second-order valence-corrected chi connectivity index (χ2v) is 6.99. The van der Waals surface area contributed by atoms with Gasteiger partial charge in [0.2, 0.25) is 0 Å². The predicted molar refractivity (Wildman–Crippen MR) is 91.6 cm³/mol. The van der Waals surface area contributed by atoms with Crippen LogP contribution in [0.15, 0.2) is 36.4 Å². The Balaban J connectivity index is 1.46. The Bertz CT molecular complexity index is 676. The van der Waals surface area contributed by atoms with Crippen LogP contribution < -0.4 is 0 Å². The van der Waals surface area contributed by atoms with Gasteiger partial charge in [-0.1, -0.05) is 24.3 Å². The number of thiazole rings is 1. The number of para-hydroxylation sites is 1. The molecule has 1 saturated heterocycles. The number of esters is 1. The fraction of sp³-hybridized carbons (Fsp3) is 0.444. The molecule has 5 heteroatoms. The van der Waals surface area contributed by atoms with Crippen molar-refractivity contribution in [3.8, 4) is 0 Å². The highest BCUT2D eigenvalue weighted by Crippen LogP contribution is 2.27. The van der Waals surface area contributed by atoms with Gasteiger partial charge in [-0.15, -0.1) is 11.3 Å². The third kappa shape index (κ3) is 3.79. The number of carbonyl (C=O) groups excluding carboxylic acids is 1. The molecule has 2 heterocycles. The van der Waals surface area contributed by atoms with Crippen LogP contribution in [0, 0.1) is 5.92 Å². The van der Waals surface area contributed by atoms with Crippen molar-refractivity contribution >= 4 is 27.5 Å². The molecule has 2 aromatic rings. The molecule has 0 unspecified atom stereocenters. The van der Waals surface area contributed by atoms with E-state index < -0.39 is 0 Å². The molecule has 1 aromatic heterocycles. The molecule has 3 rings (SSSR count). The second-order valence-electron chi connectivity index (χ2n) is 5.88. The van der Waals surface area contributed by atoms with E-state index in [2.05, 4.69) is 17.6 Å². The van der Waals surface area contributed by atoms with Crippen molar-refractivity contribution in [1.82, 2.24) is 4.98 Å². The van der Waals surface area contributed by atoms with Gasteiger partial charge in [0, 0.05) is 13.0 Å². The number of nitrogens with zero attached hydrogens (tertiary/aromatic N) is 1. The first-order valence-electron chi connectivity index (χ1n) is 7.93. The molecule has 2 atom stereocenters. The lowest BCUT2D eigenvalue weighted by molar-refractivity contribution is -0.149. The van der Waals surface area contributed by atoms with Gasteiger partial charge in [0.15, 0.2) is 0 Å². The van der Waals surface area contributed by atoms with Gasteiger partial charge in [0.1, 0.15) is 0 Å². The molecule has 23 heavy (non-hydrogen) atoms. The lowest BCUT2D eigenvalue weighted by Crippen LogP contribution is -2.27. The Morgan fingerprint density at radius 1 is 1.48 bits per heavy atom. The van der Waals surface area contributed by atoms with E-state index in [0.29, 0.717) is 19.6 Å². The molecule has 4 nitrogen and oxygen atoms in total. The van der Waals surface area contributed by atoms with E-state index in [1.165, 1.54) is 4.70 Å². The molecule has 0 amide bonds. The van der Waals surface area contributed by atoms with E-state index in [0.717, 1.165) is 28.9 Å². The molecule has 122 valence electrons. The van der Waals surface area contributed by atoms with E-state index in [9.17, 15) is 4.79 Å². The Labute approximate surface area is 140 Å². The number of hydrogen-bond donors (Lipinski definition) is 0. The molecule has 0 N–H and O–H groups in total. The fourth-order valence-corrected chi connectivity index (χ4v) is 3.86. The lowest BCUT2D eigenvalue weighted by Gasteiger charge is -2.17. The van der Waals surface area contributed by atoms with Crippen LogP contribution in [0.1, 0.15) is 24.8 Å². The Kier molecular flexibility index (Phi) is 5.08. The normalized spacial score (nSPS) is 20.7. The van der Waals surface area contributed by atoms with E-state index in [1.807, 2.05) is 25.1 Å². The van der Waals surface area contributed by atoms with Crippen LogP contribution >= 0.6 is 11.3 Å². The molecule has 1 aliphatic rings. The Morgan fingerprint density at radius 2 is 2.30 bits per heavy atom. The summed E-state index contributed by atoms with van der Waals surface area (Å²) in [6.07, 6.45) is 2.15. The van der Waals surface area contributed by atoms with Gasteiger partial charge >= 0.3 is 5.97 Å². The third-order valence-electron chi connectivity index (χ3n) is 4.00. The van der Waals surface area contributed by atoms with E-state index >= 15 is 0 Å². The monoisotopic (exact) mass is 331 g/mol. The summed E-state index contributed by atoms with van der Waals surface area (Å²) < 4.78 is 12.2. The van der Waals surface area contributed by atoms with Crippen LogP contribution in [0.2, 0.25) is 0 Å². The van der Waals surface area contributed by atoms with Gasteiger partial charge < -0.3 is 9.47 Å². The van der Waals surface area contributed by atoms with Crippen molar-refractivity contribution in [3.05, 3.63) is 41.4 Å². The summed E-state index contributed by atoms with van der Waals surface area (Å²) in [5.41, 5.74) is 1.93. The standard InChI is InChI=1S/C18H21NO3S/c1-12(2)17-13(9-11-21-17)18(20)22-10-5-8-16-19-14-6-3-4-7-15(14)23-16/h3-4,6-7,13,17H,1,5,8-11H2,2H3/t13-,17-/m1/s1. The average Bonchev–Trinajstić information content (AvgIpc) is 3.17. The number of benzene rings is 1. The summed E-state index contributed by atoms with van der Waals surface area (Å²) >= 11 is 1.70. The highest BCUT2D eigenvalue weighted by Gasteiger charge is 2.35. The van der Waals surface area contributed by atoms with Gasteiger partial charge in [0.25, 0.3) is 0 Å². The van der Waals surface area contributed by atoms with Crippen LogP contribution in [0.5, 0.6) is 0 Å². The second kappa shape index (κ2) is 7.23. The zero-order chi connectivity index (χ0) is 16.2. The van der Waals surface area contributed by atoms with Crippen molar-refractivity contribution < 1.29 is 14.3 Å². The lowest BCUT2D eigenvalue weighted by atomic mass is 9.97. The molecule has 1 aromatic carbocycles. The SMILES string of the molecule is C=C(C)[C@H]1OCC[C@H]1C(=O)OCCCc1nc2ccccc2s1. The smallest absolute Gasteiger partial charge is 0.312 e. The molecule has 0 radical (unpaired) electrons. The van der Waals surface area contributed by atoms with Crippen LogP contribution in [-0.2, 0) is 20.7 Å². The number of hydrogen-bond acceptors (Lipinski definition) is 5. The van der Waals surface area contributed by atoms with Crippen molar-refractivity contribution in [2.24, 2.45) is 5.92 Å². The van der Waals surface area contributed by atoms with Gasteiger partial charge in [-0.05, 0) is 31.9 Å². The number of aryl methyl sites for hydroxylation is 1. The number of carbonyl (C=O) groups is 1. The van der Waals surface area contributed by atoms with E-state index in [1.54, 1.807) is 11.3 Å². The van der Waals surface area contributed by atoms with Crippen molar-refractivity contribution in [1.29, 1.82) is 0 Å². The molecule has 0 spiro atoms. The van der Waals surface area contributed by atoms with Gasteiger partial charge in [-0.2, -0.15) is 0 Å². The van der Waals surface area contributed by atoms with Crippen LogP contribution in [0.4, 0.5) is 0 Å². The predicted octanol–water partition coefficient (Wildman–Crippen LogP) is 3.75. The first kappa shape index (κ1) is 16.1. The van der Waals surface area contributed by atoms with Crippen LogP contribution in [0.3, 0.4) is 0 Å². The summed E-state index contributed by atoms with van der Waals surface area (Å²) in [6.45, 7) is 6.80. The molecule has 0 saturated carbocycles. The maximum absolute atomic E-state index is 12.2. The number of rotatable bonds is 6. The summed E-state index contributed by atoms with van der Waals surface area (Å²) in [4.78, 5) is 16.7. The fourth-order valence-electron chi connectivity index (χ4n) is 2.85. The molecule has 1 aliphatic heterocycles.